The van der Waals surface area contributed by atoms with Crippen LogP contribution >= 0.6 is 0 Å². The maximum Gasteiger partial charge on any atom is 0.261 e. The SMILES string of the molecule is CCCNC(=O)[C@H](C)NC(=O)c1cccc(S(=O)(=O)Nc2ccc(C)cc2)c1. The molecular formula is C20H25N3O4S. The minimum atomic E-state index is -3.85. The van der Waals surface area contributed by atoms with Gasteiger partial charge < -0.3 is 10.6 Å². The van der Waals surface area contributed by atoms with Crippen molar-refractivity contribution >= 4 is 27.5 Å². The zero-order valence-electron chi connectivity index (χ0n) is 16.2. The van der Waals surface area contributed by atoms with E-state index in [-0.39, 0.29) is 16.4 Å². The van der Waals surface area contributed by atoms with E-state index in [2.05, 4.69) is 15.4 Å². The Balaban J connectivity index is 2.12. The molecule has 0 bridgehead atoms. The Kier molecular flexibility index (Phi) is 7.17. The zero-order valence-corrected chi connectivity index (χ0v) is 17.0. The van der Waals surface area contributed by atoms with Crippen LogP contribution in [0.4, 0.5) is 5.69 Å². The molecule has 2 rings (SSSR count). The van der Waals surface area contributed by atoms with E-state index < -0.39 is 22.0 Å². The molecule has 7 nitrogen and oxygen atoms in total. The van der Waals surface area contributed by atoms with Crippen LogP contribution in [-0.4, -0.2) is 32.8 Å². The van der Waals surface area contributed by atoms with Crippen LogP contribution in [0.15, 0.2) is 53.4 Å². The highest BCUT2D eigenvalue weighted by molar-refractivity contribution is 7.92. The van der Waals surface area contributed by atoms with E-state index in [0.717, 1.165) is 12.0 Å². The first-order valence-corrected chi connectivity index (χ1v) is 10.5. The first-order valence-electron chi connectivity index (χ1n) is 9.01. The molecule has 0 aliphatic heterocycles. The molecule has 0 unspecified atom stereocenters. The fraction of sp³-hybridized carbons (Fsp3) is 0.300. The lowest BCUT2D eigenvalue weighted by atomic mass is 10.2. The molecule has 0 aliphatic rings. The lowest BCUT2D eigenvalue weighted by Gasteiger charge is -2.14. The zero-order chi connectivity index (χ0) is 20.7. The van der Waals surface area contributed by atoms with Crippen molar-refractivity contribution in [3.05, 3.63) is 59.7 Å². The number of benzene rings is 2. The molecule has 150 valence electrons. The maximum atomic E-state index is 12.6. The summed E-state index contributed by atoms with van der Waals surface area (Å²) in [5.74, 6) is -0.813. The average Bonchev–Trinajstić information content (AvgIpc) is 2.67. The molecule has 0 aromatic heterocycles. The number of carbonyl (C=O) groups is 2. The van der Waals surface area contributed by atoms with Crippen molar-refractivity contribution in [2.45, 2.75) is 38.1 Å². The number of hydrogen-bond acceptors (Lipinski definition) is 4. The van der Waals surface area contributed by atoms with Gasteiger partial charge in [0.2, 0.25) is 5.91 Å². The summed E-state index contributed by atoms with van der Waals surface area (Å²) in [4.78, 5) is 24.3. The Bertz CT molecular complexity index is 940. The van der Waals surface area contributed by atoms with E-state index in [9.17, 15) is 18.0 Å². The normalized spacial score (nSPS) is 12.1. The maximum absolute atomic E-state index is 12.6. The van der Waals surface area contributed by atoms with Crippen LogP contribution in [0.5, 0.6) is 0 Å². The van der Waals surface area contributed by atoms with Gasteiger partial charge in [0.15, 0.2) is 0 Å². The summed E-state index contributed by atoms with van der Waals surface area (Å²) < 4.78 is 27.7. The molecule has 0 saturated heterocycles. The number of rotatable bonds is 8. The van der Waals surface area contributed by atoms with Gasteiger partial charge in [-0.2, -0.15) is 0 Å². The Morgan fingerprint density at radius 3 is 2.39 bits per heavy atom. The van der Waals surface area contributed by atoms with Crippen molar-refractivity contribution in [3.8, 4) is 0 Å². The fourth-order valence-electron chi connectivity index (χ4n) is 2.39. The minimum Gasteiger partial charge on any atom is -0.354 e. The Labute approximate surface area is 165 Å². The fourth-order valence-corrected chi connectivity index (χ4v) is 3.49. The molecule has 0 fully saturated rings. The molecule has 2 aromatic rings. The molecule has 8 heteroatoms. The van der Waals surface area contributed by atoms with Crippen LogP contribution in [0.25, 0.3) is 0 Å². The van der Waals surface area contributed by atoms with Crippen LogP contribution in [0.3, 0.4) is 0 Å². The van der Waals surface area contributed by atoms with Gasteiger partial charge in [0.25, 0.3) is 15.9 Å². The van der Waals surface area contributed by atoms with Crippen molar-refractivity contribution in [2.24, 2.45) is 0 Å². The van der Waals surface area contributed by atoms with Crippen molar-refractivity contribution in [2.75, 3.05) is 11.3 Å². The van der Waals surface area contributed by atoms with Crippen LogP contribution in [0, 0.1) is 6.92 Å². The van der Waals surface area contributed by atoms with Gasteiger partial charge in [-0.3, -0.25) is 14.3 Å². The van der Waals surface area contributed by atoms with E-state index in [1.807, 2.05) is 13.8 Å². The van der Waals surface area contributed by atoms with E-state index >= 15 is 0 Å². The number of aryl methyl sites for hydroxylation is 1. The monoisotopic (exact) mass is 403 g/mol. The summed E-state index contributed by atoms with van der Waals surface area (Å²) in [5, 5.41) is 5.27. The van der Waals surface area contributed by atoms with Gasteiger partial charge in [-0.1, -0.05) is 30.7 Å². The summed E-state index contributed by atoms with van der Waals surface area (Å²) in [6.45, 7) is 5.93. The Morgan fingerprint density at radius 1 is 1.07 bits per heavy atom. The second-order valence-corrected chi connectivity index (χ2v) is 8.17. The summed E-state index contributed by atoms with van der Waals surface area (Å²) >= 11 is 0. The molecular weight excluding hydrogens is 378 g/mol. The highest BCUT2D eigenvalue weighted by atomic mass is 32.2. The van der Waals surface area contributed by atoms with E-state index in [4.69, 9.17) is 0 Å². The van der Waals surface area contributed by atoms with Gasteiger partial charge in [0, 0.05) is 17.8 Å². The van der Waals surface area contributed by atoms with E-state index in [1.165, 1.54) is 24.3 Å². The van der Waals surface area contributed by atoms with Gasteiger partial charge in [0.1, 0.15) is 6.04 Å². The highest BCUT2D eigenvalue weighted by Crippen LogP contribution is 2.17. The predicted molar refractivity (Wildman–Crippen MR) is 109 cm³/mol. The van der Waals surface area contributed by atoms with Gasteiger partial charge in [-0.25, -0.2) is 8.42 Å². The molecule has 28 heavy (non-hydrogen) atoms. The van der Waals surface area contributed by atoms with Crippen LogP contribution in [0.2, 0.25) is 0 Å². The lowest BCUT2D eigenvalue weighted by molar-refractivity contribution is -0.122. The number of sulfonamides is 1. The molecule has 0 heterocycles. The molecule has 1 atom stereocenters. The van der Waals surface area contributed by atoms with E-state index in [1.54, 1.807) is 31.2 Å². The number of anilines is 1. The summed E-state index contributed by atoms with van der Waals surface area (Å²) in [6, 6.07) is 11.9. The number of hydrogen-bond donors (Lipinski definition) is 3. The predicted octanol–water partition coefficient (Wildman–Crippen LogP) is 2.44. The van der Waals surface area contributed by atoms with Crippen LogP contribution in [0.1, 0.15) is 36.2 Å². The second kappa shape index (κ2) is 9.36. The van der Waals surface area contributed by atoms with E-state index in [0.29, 0.717) is 12.2 Å². The van der Waals surface area contributed by atoms with Crippen molar-refractivity contribution in [1.82, 2.24) is 10.6 Å². The summed E-state index contributed by atoms with van der Waals surface area (Å²) in [5.41, 5.74) is 1.60. The third-order valence-corrected chi connectivity index (χ3v) is 5.38. The number of amides is 2. The quantitative estimate of drug-likeness (QED) is 0.630. The Morgan fingerprint density at radius 2 is 1.75 bits per heavy atom. The topological polar surface area (TPSA) is 104 Å². The molecule has 0 saturated carbocycles. The smallest absolute Gasteiger partial charge is 0.261 e. The first kappa shape index (κ1) is 21.4. The molecule has 0 radical (unpaired) electrons. The Hall–Kier alpha value is -2.87. The number of nitrogens with one attached hydrogen (secondary N) is 3. The van der Waals surface area contributed by atoms with Crippen molar-refractivity contribution < 1.29 is 18.0 Å². The van der Waals surface area contributed by atoms with Crippen LogP contribution in [-0.2, 0) is 14.8 Å². The second-order valence-electron chi connectivity index (χ2n) is 6.49. The molecule has 2 aromatic carbocycles. The molecule has 0 aliphatic carbocycles. The van der Waals surface area contributed by atoms with Gasteiger partial charge >= 0.3 is 0 Å². The molecule has 2 amide bonds. The van der Waals surface area contributed by atoms with Crippen molar-refractivity contribution in [3.63, 3.8) is 0 Å². The third-order valence-electron chi connectivity index (χ3n) is 4.00. The van der Waals surface area contributed by atoms with Gasteiger partial charge in [0.05, 0.1) is 4.90 Å². The standard InChI is InChI=1S/C20H25N3O4S/c1-4-12-21-19(24)15(3)22-20(25)16-6-5-7-18(13-16)28(26,27)23-17-10-8-14(2)9-11-17/h5-11,13,15,23H,4,12H2,1-3H3,(H,21,24)(H,22,25)/t15-/m0/s1. The molecule has 0 spiro atoms. The van der Waals surface area contributed by atoms with Crippen LogP contribution < -0.4 is 15.4 Å². The average molecular weight is 404 g/mol. The summed E-state index contributed by atoms with van der Waals surface area (Å²) in [7, 11) is -3.85. The highest BCUT2D eigenvalue weighted by Gasteiger charge is 2.19. The lowest BCUT2D eigenvalue weighted by Crippen LogP contribution is -2.45. The van der Waals surface area contributed by atoms with Gasteiger partial charge in [-0.05, 0) is 50.6 Å². The van der Waals surface area contributed by atoms with Crippen molar-refractivity contribution in [1.29, 1.82) is 0 Å². The number of carbonyl (C=O) groups excluding carboxylic acids is 2. The van der Waals surface area contributed by atoms with Gasteiger partial charge in [-0.15, -0.1) is 0 Å². The molecule has 3 N–H and O–H groups in total. The first-order chi connectivity index (χ1) is 13.2. The largest absolute Gasteiger partial charge is 0.354 e. The minimum absolute atomic E-state index is 0.0381. The third kappa shape index (κ3) is 5.82. The summed E-state index contributed by atoms with van der Waals surface area (Å²) in [6.07, 6.45) is 0.792.